The second-order valence-corrected chi connectivity index (χ2v) is 5.64. The van der Waals surface area contributed by atoms with Crippen LogP contribution in [0.1, 0.15) is 24.3 Å². The topological polar surface area (TPSA) is 40.5 Å². The number of hydrogen-bond acceptors (Lipinski definition) is 3. The zero-order chi connectivity index (χ0) is 14.4. The zero-order valence-electron chi connectivity index (χ0n) is 11.5. The molecule has 0 bridgehead atoms. The van der Waals surface area contributed by atoms with Crippen molar-refractivity contribution in [2.24, 2.45) is 0 Å². The Bertz CT molecular complexity index is 749. The van der Waals surface area contributed by atoms with Crippen molar-refractivity contribution < 1.29 is 13.9 Å². The smallest absolute Gasteiger partial charge is 0.251 e. The second-order valence-electron chi connectivity index (χ2n) is 5.64. The Morgan fingerprint density at radius 2 is 1.95 bits per heavy atom. The molecule has 1 aromatic carbocycles. The van der Waals surface area contributed by atoms with Crippen molar-refractivity contribution >= 4 is 10.9 Å². The summed E-state index contributed by atoms with van der Waals surface area (Å²) in [5.74, 6) is -0.327. The number of rotatable bonds is 2. The van der Waals surface area contributed by atoms with E-state index in [2.05, 4.69) is 0 Å². The molecule has 1 aromatic heterocycles. The maximum Gasteiger partial charge on any atom is 0.251 e. The molecule has 110 valence electrons. The third-order valence-electron chi connectivity index (χ3n) is 4.32. The molecule has 1 fully saturated rings. The van der Waals surface area contributed by atoms with Crippen molar-refractivity contribution in [1.29, 1.82) is 0 Å². The van der Waals surface area contributed by atoms with Gasteiger partial charge in [0.15, 0.2) is 6.29 Å². The van der Waals surface area contributed by atoms with Gasteiger partial charge in [0.2, 0.25) is 0 Å². The summed E-state index contributed by atoms with van der Waals surface area (Å²) >= 11 is 0. The summed E-state index contributed by atoms with van der Waals surface area (Å²) < 4.78 is 27.1. The van der Waals surface area contributed by atoms with E-state index in [4.69, 9.17) is 9.47 Å². The number of halogens is 1. The van der Waals surface area contributed by atoms with Crippen LogP contribution in [0.15, 0.2) is 29.1 Å². The van der Waals surface area contributed by atoms with Gasteiger partial charge in [0.25, 0.3) is 5.56 Å². The molecule has 2 aliphatic rings. The lowest BCUT2D eigenvalue weighted by Gasteiger charge is -2.25. The van der Waals surface area contributed by atoms with E-state index in [1.807, 2.05) is 0 Å². The maximum absolute atomic E-state index is 14.3. The van der Waals surface area contributed by atoms with E-state index in [0.29, 0.717) is 31.7 Å². The van der Waals surface area contributed by atoms with E-state index < -0.39 is 0 Å². The second kappa shape index (κ2) is 4.93. The molecule has 0 radical (unpaired) electrons. The average Bonchev–Trinajstić information content (AvgIpc) is 2.88. The van der Waals surface area contributed by atoms with Crippen LogP contribution in [0.3, 0.4) is 0 Å². The summed E-state index contributed by atoms with van der Waals surface area (Å²) in [6, 6.07) is 6.50. The van der Waals surface area contributed by atoms with Gasteiger partial charge in [0, 0.05) is 30.5 Å². The first-order valence-electron chi connectivity index (χ1n) is 7.29. The normalized spacial score (nSPS) is 22.0. The molecule has 0 N–H and O–H groups in total. The fraction of sp³-hybridized carbons (Fsp3) is 0.438. The number of benzene rings is 1. The first-order valence-corrected chi connectivity index (χ1v) is 7.29. The summed E-state index contributed by atoms with van der Waals surface area (Å²) in [4.78, 5) is 12.0. The quantitative estimate of drug-likeness (QED) is 0.852. The number of ether oxygens (including phenoxy) is 2. The highest BCUT2D eigenvalue weighted by molar-refractivity contribution is 5.84. The first-order chi connectivity index (χ1) is 10.2. The Morgan fingerprint density at radius 3 is 2.76 bits per heavy atom. The first kappa shape index (κ1) is 13.0. The average molecular weight is 289 g/mol. The molecule has 0 aliphatic carbocycles. The monoisotopic (exact) mass is 289 g/mol. The van der Waals surface area contributed by atoms with E-state index in [9.17, 15) is 9.18 Å². The standard InChI is InChI=1S/C16H16FNO3/c17-12-4-2-10-3-5-13(19)18-9-11(15(12)16(10)18)8-14-20-6-1-7-21-14/h2-5,11,14H,1,6-9H2. The van der Waals surface area contributed by atoms with E-state index in [-0.39, 0.29) is 23.6 Å². The van der Waals surface area contributed by atoms with Gasteiger partial charge in [0.1, 0.15) is 5.82 Å². The maximum atomic E-state index is 14.3. The number of aromatic nitrogens is 1. The minimum Gasteiger partial charge on any atom is -0.353 e. The largest absolute Gasteiger partial charge is 0.353 e. The molecule has 2 aromatic rings. The number of hydrogen-bond donors (Lipinski definition) is 0. The van der Waals surface area contributed by atoms with Crippen molar-refractivity contribution in [2.75, 3.05) is 13.2 Å². The van der Waals surface area contributed by atoms with Gasteiger partial charge in [0.05, 0.1) is 18.7 Å². The predicted molar refractivity (Wildman–Crippen MR) is 75.8 cm³/mol. The fourth-order valence-electron chi connectivity index (χ4n) is 3.38. The van der Waals surface area contributed by atoms with Crippen molar-refractivity contribution in [1.82, 2.24) is 4.57 Å². The number of nitrogens with zero attached hydrogens (tertiary/aromatic N) is 1. The molecule has 0 spiro atoms. The summed E-state index contributed by atoms with van der Waals surface area (Å²) in [7, 11) is 0. The number of pyridine rings is 1. The highest BCUT2D eigenvalue weighted by Gasteiger charge is 2.31. The summed E-state index contributed by atoms with van der Waals surface area (Å²) in [6.07, 6.45) is 1.17. The van der Waals surface area contributed by atoms with E-state index in [1.54, 1.807) is 22.8 Å². The molecule has 2 aliphatic heterocycles. The Balaban J connectivity index is 1.76. The van der Waals surface area contributed by atoms with E-state index in [0.717, 1.165) is 17.3 Å². The molecule has 3 heterocycles. The molecule has 4 nitrogen and oxygen atoms in total. The van der Waals surface area contributed by atoms with Crippen LogP contribution in [0.2, 0.25) is 0 Å². The van der Waals surface area contributed by atoms with Gasteiger partial charge in [-0.2, -0.15) is 0 Å². The van der Waals surface area contributed by atoms with Crippen molar-refractivity contribution in [2.45, 2.75) is 31.6 Å². The van der Waals surface area contributed by atoms with Crippen molar-refractivity contribution in [3.8, 4) is 0 Å². The summed E-state index contributed by atoms with van der Waals surface area (Å²) in [6.45, 7) is 1.85. The van der Waals surface area contributed by atoms with Crippen LogP contribution in [-0.2, 0) is 16.0 Å². The Labute approximate surface area is 121 Å². The molecule has 21 heavy (non-hydrogen) atoms. The Hall–Kier alpha value is -1.72. The van der Waals surface area contributed by atoms with Gasteiger partial charge in [-0.1, -0.05) is 0 Å². The fourth-order valence-corrected chi connectivity index (χ4v) is 3.38. The van der Waals surface area contributed by atoms with Crippen LogP contribution in [-0.4, -0.2) is 24.1 Å². The lowest BCUT2D eigenvalue weighted by atomic mass is 9.96. The van der Waals surface area contributed by atoms with Gasteiger partial charge in [-0.15, -0.1) is 0 Å². The van der Waals surface area contributed by atoms with Gasteiger partial charge < -0.3 is 14.0 Å². The van der Waals surface area contributed by atoms with Crippen LogP contribution in [0, 0.1) is 5.82 Å². The van der Waals surface area contributed by atoms with Crippen LogP contribution in [0.25, 0.3) is 10.9 Å². The molecule has 1 atom stereocenters. The Kier molecular flexibility index (Phi) is 3.05. The van der Waals surface area contributed by atoms with Crippen molar-refractivity contribution in [3.05, 3.63) is 46.0 Å². The van der Waals surface area contributed by atoms with Gasteiger partial charge in [-0.3, -0.25) is 4.79 Å². The summed E-state index contributed by atoms with van der Waals surface area (Å²) in [5, 5.41) is 0.902. The lowest BCUT2D eigenvalue weighted by Crippen LogP contribution is -2.27. The van der Waals surface area contributed by atoms with Gasteiger partial charge in [-0.05, 0) is 30.0 Å². The lowest BCUT2D eigenvalue weighted by molar-refractivity contribution is -0.183. The van der Waals surface area contributed by atoms with Gasteiger partial charge in [-0.25, -0.2) is 4.39 Å². The molecular formula is C16H16FNO3. The molecular weight excluding hydrogens is 273 g/mol. The van der Waals surface area contributed by atoms with Gasteiger partial charge >= 0.3 is 0 Å². The molecule has 0 amide bonds. The molecule has 0 saturated carbocycles. The van der Waals surface area contributed by atoms with Crippen molar-refractivity contribution in [3.63, 3.8) is 0 Å². The zero-order valence-corrected chi connectivity index (χ0v) is 11.5. The van der Waals surface area contributed by atoms with Crippen LogP contribution >= 0.6 is 0 Å². The highest BCUT2D eigenvalue weighted by Crippen LogP contribution is 2.37. The third-order valence-corrected chi connectivity index (χ3v) is 4.32. The van der Waals surface area contributed by atoms with Crippen LogP contribution in [0.5, 0.6) is 0 Å². The molecule has 1 unspecified atom stereocenters. The van der Waals surface area contributed by atoms with Crippen LogP contribution < -0.4 is 5.56 Å². The highest BCUT2D eigenvalue weighted by atomic mass is 19.1. The molecule has 4 rings (SSSR count). The van der Waals surface area contributed by atoms with E-state index >= 15 is 0 Å². The third kappa shape index (κ3) is 2.08. The Morgan fingerprint density at radius 1 is 1.19 bits per heavy atom. The van der Waals surface area contributed by atoms with E-state index in [1.165, 1.54) is 6.07 Å². The SMILES string of the molecule is O=c1ccc2ccc(F)c3c2n1CC3CC1OCCCO1. The van der Waals surface area contributed by atoms with Crippen LogP contribution in [0.4, 0.5) is 4.39 Å². The molecule has 1 saturated heterocycles. The summed E-state index contributed by atoms with van der Waals surface area (Å²) in [5.41, 5.74) is 1.27. The molecule has 5 heteroatoms. The minimum atomic E-state index is -0.302. The minimum absolute atomic E-state index is 0.0769. The predicted octanol–water partition coefficient (Wildman–Crippen LogP) is 2.39.